The number of alkyl halides is 8. The Kier molecular flexibility index (Phi) is 6.73. The molecule has 35 heavy (non-hydrogen) atoms. The summed E-state index contributed by atoms with van der Waals surface area (Å²) in [4.78, 5) is 12.7. The normalized spacial score (nSPS) is 20.6. The highest BCUT2D eigenvalue weighted by atomic mass is 32.2. The van der Waals surface area contributed by atoms with Gasteiger partial charge in [0, 0.05) is 6.42 Å². The van der Waals surface area contributed by atoms with Crippen LogP contribution in [0.2, 0.25) is 0 Å². The number of nitrogens with one attached hydrogen (secondary N) is 1. The van der Waals surface area contributed by atoms with Crippen molar-refractivity contribution in [3.8, 4) is 0 Å². The Bertz CT molecular complexity index is 1310. The Morgan fingerprint density at radius 1 is 1.20 bits per heavy atom. The Morgan fingerprint density at radius 3 is 2.43 bits per heavy atom. The van der Waals surface area contributed by atoms with E-state index in [1.54, 1.807) is 0 Å². The van der Waals surface area contributed by atoms with Crippen LogP contribution in [0.1, 0.15) is 26.1 Å². The van der Waals surface area contributed by atoms with Gasteiger partial charge in [-0.1, -0.05) is 12.1 Å². The first-order valence-corrected chi connectivity index (χ1v) is 11.3. The SMILES string of the molecule is CCS(=O)(=O)C1=C(N2N=c3nc(C(F)(F)C(F)(F)F)[nH]c3=CC2C)N=CC(=NOCC(F)(F)F)C1. The number of hydrogen-bond donors (Lipinski definition) is 1. The maximum absolute atomic E-state index is 13.7. The highest BCUT2D eigenvalue weighted by Crippen LogP contribution is 2.41. The summed E-state index contributed by atoms with van der Waals surface area (Å²) in [5, 5.41) is 7.81. The number of allylic oxidation sites excluding steroid dienone is 1. The largest absolute Gasteiger partial charge is 0.461 e. The Labute approximate surface area is 191 Å². The molecule has 0 aliphatic carbocycles. The molecular weight excluding hydrogens is 520 g/mol. The van der Waals surface area contributed by atoms with E-state index in [1.165, 1.54) is 19.9 Å². The summed E-state index contributed by atoms with van der Waals surface area (Å²) in [7, 11) is -4.05. The van der Waals surface area contributed by atoms with Crippen LogP contribution in [0.4, 0.5) is 35.1 Å². The fraction of sp³-hybridized carbons (Fsp3) is 0.529. The molecule has 1 N–H and O–H groups in total. The van der Waals surface area contributed by atoms with Gasteiger partial charge in [-0.25, -0.2) is 23.4 Å². The van der Waals surface area contributed by atoms with Gasteiger partial charge in [-0.2, -0.15) is 35.1 Å². The van der Waals surface area contributed by atoms with Gasteiger partial charge in [0.25, 0.3) is 0 Å². The van der Waals surface area contributed by atoms with Crippen LogP contribution in [0.15, 0.2) is 26.0 Å². The van der Waals surface area contributed by atoms with Crippen molar-refractivity contribution in [2.75, 3.05) is 12.4 Å². The Morgan fingerprint density at radius 2 is 1.86 bits per heavy atom. The molecule has 1 atom stereocenters. The number of sulfone groups is 1. The minimum absolute atomic E-state index is 0.254. The third kappa shape index (κ3) is 5.46. The molecule has 0 amide bonds. The monoisotopic (exact) mass is 536 g/mol. The maximum atomic E-state index is 13.7. The summed E-state index contributed by atoms with van der Waals surface area (Å²) in [5.74, 6) is -7.78. The number of aromatic nitrogens is 2. The Balaban J connectivity index is 2.04. The molecule has 0 saturated carbocycles. The molecule has 0 bridgehead atoms. The fourth-order valence-electron chi connectivity index (χ4n) is 2.95. The minimum atomic E-state index is -5.93. The van der Waals surface area contributed by atoms with E-state index < -0.39 is 69.2 Å². The molecule has 18 heteroatoms. The molecule has 0 aromatic carbocycles. The van der Waals surface area contributed by atoms with Crippen LogP contribution in [0.3, 0.4) is 0 Å². The summed E-state index contributed by atoms with van der Waals surface area (Å²) in [6, 6.07) is -0.899. The number of imidazole rings is 1. The maximum Gasteiger partial charge on any atom is 0.461 e. The van der Waals surface area contributed by atoms with Crippen molar-refractivity contribution in [1.82, 2.24) is 15.0 Å². The van der Waals surface area contributed by atoms with Crippen molar-refractivity contribution < 1.29 is 48.4 Å². The summed E-state index contributed by atoms with van der Waals surface area (Å²) in [6.45, 7) is 0.982. The van der Waals surface area contributed by atoms with E-state index in [2.05, 4.69) is 25.1 Å². The predicted octanol–water partition coefficient (Wildman–Crippen LogP) is 2.10. The standard InChI is InChI=1S/C17H16F8N6O3S/c1-3-35(32,33)11-5-9(30-34-7-15(18,19)20)6-26-13(11)31-8(2)4-10-12(29-31)28-14(27-10)16(21,22)17(23,24)25/h4,6,8H,3,5,7H2,1-2H3,(H,27,28,29). The van der Waals surface area contributed by atoms with Gasteiger partial charge in [-0.15, -0.1) is 5.10 Å². The lowest BCUT2D eigenvalue weighted by Crippen LogP contribution is -2.41. The second-order valence-corrected chi connectivity index (χ2v) is 9.60. The van der Waals surface area contributed by atoms with E-state index in [0.29, 0.717) is 0 Å². The first-order valence-electron chi connectivity index (χ1n) is 9.62. The van der Waals surface area contributed by atoms with Crippen LogP contribution in [0.25, 0.3) is 6.08 Å². The number of aromatic amines is 1. The zero-order valence-corrected chi connectivity index (χ0v) is 18.6. The molecular formula is C17H16F8N6O3S. The molecule has 2 aliphatic heterocycles. The lowest BCUT2D eigenvalue weighted by atomic mass is 10.2. The fourth-order valence-corrected chi connectivity index (χ4v) is 4.09. The third-order valence-corrected chi connectivity index (χ3v) is 6.51. The predicted molar refractivity (Wildman–Crippen MR) is 104 cm³/mol. The molecule has 3 heterocycles. The van der Waals surface area contributed by atoms with Crippen LogP contribution in [0.5, 0.6) is 0 Å². The van der Waals surface area contributed by atoms with Crippen LogP contribution < -0.4 is 10.8 Å². The molecule has 1 unspecified atom stereocenters. The number of rotatable bonds is 6. The van der Waals surface area contributed by atoms with Gasteiger partial charge in [-0.05, 0) is 13.0 Å². The van der Waals surface area contributed by atoms with Gasteiger partial charge < -0.3 is 9.82 Å². The van der Waals surface area contributed by atoms with Crippen molar-refractivity contribution in [2.24, 2.45) is 15.2 Å². The molecule has 2 aliphatic rings. The van der Waals surface area contributed by atoms with Crippen molar-refractivity contribution in [2.45, 2.75) is 44.6 Å². The number of H-pyrrole nitrogens is 1. The number of fused-ring (bicyclic) bond motifs is 1. The van der Waals surface area contributed by atoms with Gasteiger partial charge in [0.1, 0.15) is 5.71 Å². The van der Waals surface area contributed by atoms with Gasteiger partial charge >= 0.3 is 18.3 Å². The quantitative estimate of drug-likeness (QED) is 0.442. The zero-order chi connectivity index (χ0) is 26.4. The number of hydrogen-bond acceptors (Lipinski definition) is 8. The van der Waals surface area contributed by atoms with Crippen molar-refractivity contribution in [3.63, 3.8) is 0 Å². The minimum Gasteiger partial charge on any atom is -0.386 e. The van der Waals surface area contributed by atoms with Crippen molar-refractivity contribution >= 4 is 27.8 Å². The van der Waals surface area contributed by atoms with Gasteiger partial charge in [-0.3, -0.25) is 0 Å². The molecule has 9 nitrogen and oxygen atoms in total. The van der Waals surface area contributed by atoms with Crippen LogP contribution >= 0.6 is 0 Å². The second-order valence-electron chi connectivity index (χ2n) is 7.30. The van der Waals surface area contributed by atoms with E-state index in [9.17, 15) is 43.5 Å². The number of aliphatic imine (C=N–C) groups is 1. The molecule has 0 saturated heterocycles. The summed E-state index contributed by atoms with van der Waals surface area (Å²) < 4.78 is 128. The van der Waals surface area contributed by atoms with Gasteiger partial charge in [0.15, 0.2) is 27.0 Å². The van der Waals surface area contributed by atoms with E-state index in [0.717, 1.165) is 11.2 Å². The molecule has 0 fully saturated rings. The Hall–Kier alpha value is -3.05. The third-order valence-electron chi connectivity index (χ3n) is 4.67. The molecule has 0 spiro atoms. The molecule has 1 aromatic rings. The number of halogens is 8. The van der Waals surface area contributed by atoms with E-state index in [1.807, 2.05) is 4.98 Å². The lowest BCUT2D eigenvalue weighted by Gasteiger charge is -2.28. The molecule has 194 valence electrons. The van der Waals surface area contributed by atoms with Crippen LogP contribution in [0, 0.1) is 0 Å². The smallest absolute Gasteiger partial charge is 0.386 e. The molecule has 3 rings (SSSR count). The lowest BCUT2D eigenvalue weighted by molar-refractivity contribution is -0.292. The van der Waals surface area contributed by atoms with Crippen LogP contribution in [-0.4, -0.2) is 66.1 Å². The summed E-state index contributed by atoms with van der Waals surface area (Å²) in [5.41, 5.74) is -0.836. The van der Waals surface area contributed by atoms with Crippen LogP contribution in [-0.2, 0) is 20.6 Å². The molecule has 1 aromatic heterocycles. The first-order chi connectivity index (χ1) is 16.0. The summed E-state index contributed by atoms with van der Waals surface area (Å²) in [6.07, 6.45) is -9.04. The van der Waals surface area contributed by atoms with Gasteiger partial charge in [0.2, 0.25) is 6.61 Å². The van der Waals surface area contributed by atoms with E-state index in [-0.39, 0.29) is 16.9 Å². The highest BCUT2D eigenvalue weighted by molar-refractivity contribution is 7.95. The molecule has 0 radical (unpaired) electrons. The number of nitrogens with zero attached hydrogens (tertiary/aromatic N) is 5. The summed E-state index contributed by atoms with van der Waals surface area (Å²) >= 11 is 0. The van der Waals surface area contributed by atoms with E-state index >= 15 is 0 Å². The average molecular weight is 536 g/mol. The van der Waals surface area contributed by atoms with Crippen molar-refractivity contribution in [1.29, 1.82) is 0 Å². The second kappa shape index (κ2) is 8.87. The van der Waals surface area contributed by atoms with Gasteiger partial charge in [0.05, 0.1) is 28.3 Å². The number of oxime groups is 1. The van der Waals surface area contributed by atoms with E-state index in [4.69, 9.17) is 0 Å². The van der Waals surface area contributed by atoms with Crippen molar-refractivity contribution in [3.05, 3.63) is 27.4 Å². The topological polar surface area (TPSA) is 112 Å². The first kappa shape index (κ1) is 26.6. The zero-order valence-electron chi connectivity index (χ0n) is 17.7. The highest BCUT2D eigenvalue weighted by Gasteiger charge is 2.61. The average Bonchev–Trinajstić information content (AvgIpc) is 3.15.